The standard InChI is InChI=1S/C13H13N5S/c1-8-9(2)19-13-11(8)12(17-7-18-13)16-6-10-14-4-3-5-15-10/h3-5,7H,6H2,1-2H3,(H,16,17,18). The highest BCUT2D eigenvalue weighted by Gasteiger charge is 2.11. The van der Waals surface area contributed by atoms with Crippen LogP contribution in [0.25, 0.3) is 10.2 Å². The van der Waals surface area contributed by atoms with Gasteiger partial charge in [-0.1, -0.05) is 0 Å². The van der Waals surface area contributed by atoms with Crippen molar-refractivity contribution in [1.82, 2.24) is 19.9 Å². The van der Waals surface area contributed by atoms with E-state index in [0.717, 1.165) is 21.9 Å². The number of rotatable bonds is 3. The van der Waals surface area contributed by atoms with Crippen molar-refractivity contribution in [1.29, 1.82) is 0 Å². The summed E-state index contributed by atoms with van der Waals surface area (Å²) in [5, 5.41) is 4.39. The number of aryl methyl sites for hydroxylation is 2. The van der Waals surface area contributed by atoms with Crippen LogP contribution in [0.1, 0.15) is 16.3 Å². The zero-order valence-corrected chi connectivity index (χ0v) is 11.5. The lowest BCUT2D eigenvalue weighted by Gasteiger charge is -2.06. The van der Waals surface area contributed by atoms with Gasteiger partial charge in [-0.2, -0.15) is 0 Å². The van der Waals surface area contributed by atoms with E-state index in [1.807, 2.05) is 0 Å². The Morgan fingerprint density at radius 3 is 2.68 bits per heavy atom. The van der Waals surface area contributed by atoms with Gasteiger partial charge < -0.3 is 5.32 Å². The second-order valence-electron chi connectivity index (χ2n) is 4.20. The van der Waals surface area contributed by atoms with Crippen LogP contribution in [0.5, 0.6) is 0 Å². The third-order valence-corrected chi connectivity index (χ3v) is 4.11. The van der Waals surface area contributed by atoms with Crippen LogP contribution in [0.4, 0.5) is 5.82 Å². The van der Waals surface area contributed by atoms with Crippen LogP contribution in [-0.4, -0.2) is 19.9 Å². The number of nitrogens with zero attached hydrogens (tertiary/aromatic N) is 4. The fraction of sp³-hybridized carbons (Fsp3) is 0.231. The fourth-order valence-corrected chi connectivity index (χ4v) is 2.90. The van der Waals surface area contributed by atoms with Gasteiger partial charge in [0.1, 0.15) is 22.8 Å². The maximum Gasteiger partial charge on any atom is 0.147 e. The SMILES string of the molecule is Cc1sc2ncnc(NCc3ncccn3)c2c1C. The van der Waals surface area contributed by atoms with E-state index in [4.69, 9.17) is 0 Å². The van der Waals surface area contributed by atoms with E-state index in [9.17, 15) is 0 Å². The van der Waals surface area contributed by atoms with E-state index in [1.54, 1.807) is 36.1 Å². The van der Waals surface area contributed by atoms with Gasteiger partial charge in [0.15, 0.2) is 0 Å². The van der Waals surface area contributed by atoms with Crippen LogP contribution in [0, 0.1) is 13.8 Å². The van der Waals surface area contributed by atoms with Crippen molar-refractivity contribution in [3.63, 3.8) is 0 Å². The molecule has 0 unspecified atom stereocenters. The molecule has 0 spiro atoms. The average molecular weight is 271 g/mol. The molecule has 0 aromatic carbocycles. The predicted octanol–water partition coefficient (Wildman–Crippen LogP) is 2.71. The smallest absolute Gasteiger partial charge is 0.147 e. The lowest BCUT2D eigenvalue weighted by atomic mass is 10.2. The molecule has 3 aromatic heterocycles. The molecule has 0 fully saturated rings. The molecule has 19 heavy (non-hydrogen) atoms. The Kier molecular flexibility index (Phi) is 3.08. The summed E-state index contributed by atoms with van der Waals surface area (Å²) in [6.07, 6.45) is 5.06. The largest absolute Gasteiger partial charge is 0.362 e. The molecule has 96 valence electrons. The fourth-order valence-electron chi connectivity index (χ4n) is 1.90. The number of anilines is 1. The molecule has 0 bridgehead atoms. The molecule has 0 aliphatic rings. The molecule has 0 atom stereocenters. The van der Waals surface area contributed by atoms with Gasteiger partial charge in [0.05, 0.1) is 11.9 Å². The van der Waals surface area contributed by atoms with E-state index in [2.05, 4.69) is 39.1 Å². The molecule has 0 amide bonds. The number of thiophene rings is 1. The molecule has 1 N–H and O–H groups in total. The summed E-state index contributed by atoms with van der Waals surface area (Å²) in [5.74, 6) is 1.60. The third kappa shape index (κ3) is 2.26. The predicted molar refractivity (Wildman–Crippen MR) is 76.2 cm³/mol. The Labute approximate surface area is 114 Å². The van der Waals surface area contributed by atoms with Crippen molar-refractivity contribution in [2.45, 2.75) is 20.4 Å². The van der Waals surface area contributed by atoms with Crippen LogP contribution < -0.4 is 5.32 Å². The summed E-state index contributed by atoms with van der Waals surface area (Å²) in [6.45, 7) is 4.76. The number of hydrogen-bond donors (Lipinski definition) is 1. The molecular formula is C13H13N5S. The molecule has 3 heterocycles. The van der Waals surface area contributed by atoms with E-state index in [1.165, 1.54) is 10.4 Å². The van der Waals surface area contributed by atoms with Crippen LogP contribution in [0.2, 0.25) is 0 Å². The van der Waals surface area contributed by atoms with Gasteiger partial charge in [0.2, 0.25) is 0 Å². The maximum atomic E-state index is 4.33. The number of hydrogen-bond acceptors (Lipinski definition) is 6. The lowest BCUT2D eigenvalue weighted by Crippen LogP contribution is -2.05. The first-order valence-electron chi connectivity index (χ1n) is 5.96. The van der Waals surface area contributed by atoms with Crippen LogP contribution in [-0.2, 0) is 6.54 Å². The molecule has 0 saturated carbocycles. The van der Waals surface area contributed by atoms with Gasteiger partial charge in [-0.05, 0) is 25.5 Å². The van der Waals surface area contributed by atoms with E-state index < -0.39 is 0 Å². The van der Waals surface area contributed by atoms with Crippen LogP contribution in [0.3, 0.4) is 0 Å². The van der Waals surface area contributed by atoms with Gasteiger partial charge in [0, 0.05) is 17.3 Å². The van der Waals surface area contributed by atoms with Crippen molar-refractivity contribution in [2.75, 3.05) is 5.32 Å². The molecular weight excluding hydrogens is 258 g/mol. The highest BCUT2D eigenvalue weighted by atomic mass is 32.1. The van der Waals surface area contributed by atoms with Crippen molar-refractivity contribution in [3.05, 3.63) is 41.1 Å². The summed E-state index contributed by atoms with van der Waals surface area (Å²) < 4.78 is 0. The van der Waals surface area contributed by atoms with Gasteiger partial charge in [0.25, 0.3) is 0 Å². The number of fused-ring (bicyclic) bond motifs is 1. The first kappa shape index (κ1) is 12.0. The quantitative estimate of drug-likeness (QED) is 0.793. The summed E-state index contributed by atoms with van der Waals surface area (Å²) in [7, 11) is 0. The Hall–Kier alpha value is -2.08. The highest BCUT2D eigenvalue weighted by molar-refractivity contribution is 7.18. The molecule has 0 aliphatic carbocycles. The van der Waals surface area contributed by atoms with Crippen LogP contribution in [0.15, 0.2) is 24.8 Å². The van der Waals surface area contributed by atoms with E-state index in [-0.39, 0.29) is 0 Å². The van der Waals surface area contributed by atoms with Gasteiger partial charge >= 0.3 is 0 Å². The number of nitrogens with one attached hydrogen (secondary N) is 1. The minimum atomic E-state index is 0.557. The minimum absolute atomic E-state index is 0.557. The minimum Gasteiger partial charge on any atom is -0.362 e. The average Bonchev–Trinajstić information content (AvgIpc) is 2.74. The Morgan fingerprint density at radius 1 is 1.11 bits per heavy atom. The highest BCUT2D eigenvalue weighted by Crippen LogP contribution is 2.32. The van der Waals surface area contributed by atoms with Gasteiger partial charge in [-0.25, -0.2) is 19.9 Å². The normalized spacial score (nSPS) is 10.8. The summed E-state index contributed by atoms with van der Waals surface area (Å²) in [6, 6.07) is 1.80. The molecule has 6 heteroatoms. The van der Waals surface area contributed by atoms with Crippen molar-refractivity contribution in [3.8, 4) is 0 Å². The lowest BCUT2D eigenvalue weighted by molar-refractivity contribution is 0.941. The van der Waals surface area contributed by atoms with Crippen molar-refractivity contribution >= 4 is 27.4 Å². The topological polar surface area (TPSA) is 63.6 Å². The first-order valence-corrected chi connectivity index (χ1v) is 6.78. The van der Waals surface area contributed by atoms with Crippen LogP contribution >= 0.6 is 11.3 Å². The van der Waals surface area contributed by atoms with Gasteiger partial charge in [-0.15, -0.1) is 11.3 Å². The Bertz CT molecular complexity index is 708. The zero-order valence-electron chi connectivity index (χ0n) is 10.7. The van der Waals surface area contributed by atoms with E-state index >= 15 is 0 Å². The van der Waals surface area contributed by atoms with E-state index in [0.29, 0.717) is 6.54 Å². The maximum absolute atomic E-state index is 4.33. The summed E-state index contributed by atoms with van der Waals surface area (Å²) in [4.78, 5) is 19.3. The zero-order chi connectivity index (χ0) is 13.2. The molecule has 5 nitrogen and oxygen atoms in total. The second-order valence-corrected chi connectivity index (χ2v) is 5.41. The van der Waals surface area contributed by atoms with Crippen molar-refractivity contribution in [2.24, 2.45) is 0 Å². The summed E-state index contributed by atoms with van der Waals surface area (Å²) in [5.41, 5.74) is 1.23. The molecule has 0 saturated heterocycles. The second kappa shape index (κ2) is 4.89. The van der Waals surface area contributed by atoms with Crippen molar-refractivity contribution < 1.29 is 0 Å². The summed E-state index contributed by atoms with van der Waals surface area (Å²) >= 11 is 1.69. The van der Waals surface area contributed by atoms with Gasteiger partial charge in [-0.3, -0.25) is 0 Å². The molecule has 3 aromatic rings. The molecule has 0 aliphatic heterocycles. The Balaban J connectivity index is 1.93. The molecule has 3 rings (SSSR count). The monoisotopic (exact) mass is 271 g/mol. The molecule has 0 radical (unpaired) electrons. The Morgan fingerprint density at radius 2 is 1.89 bits per heavy atom. The third-order valence-electron chi connectivity index (χ3n) is 3.00. The number of aromatic nitrogens is 4. The first-order chi connectivity index (χ1) is 9.25.